The van der Waals surface area contributed by atoms with Crippen molar-refractivity contribution in [3.63, 3.8) is 0 Å². The van der Waals surface area contributed by atoms with Crippen LogP contribution >= 0.6 is 12.4 Å². The number of likely N-dealkylation sites (tertiary alicyclic amines) is 1. The molecule has 0 aromatic carbocycles. The normalized spacial score (nSPS) is 33.3. The second-order valence-corrected chi connectivity index (χ2v) is 7.20. The van der Waals surface area contributed by atoms with Crippen LogP contribution in [0.25, 0.3) is 0 Å². The van der Waals surface area contributed by atoms with Gasteiger partial charge in [0.1, 0.15) is 0 Å². The number of halogens is 1. The number of nitrogens with one attached hydrogen (secondary N) is 1. The number of hydrogen-bond donors (Lipinski definition) is 1. The fraction of sp³-hybridized carbons (Fsp3) is 0.941. The van der Waals surface area contributed by atoms with Crippen LogP contribution in [0.1, 0.15) is 32.1 Å². The molecule has 6 heteroatoms. The average Bonchev–Trinajstić information content (AvgIpc) is 3.18. The number of nitrogens with zero attached hydrogens (tertiary/aromatic N) is 1. The van der Waals surface area contributed by atoms with E-state index in [0.717, 1.165) is 45.6 Å². The Kier molecular flexibility index (Phi) is 7.14. The van der Waals surface area contributed by atoms with Crippen molar-refractivity contribution < 1.29 is 14.3 Å². The van der Waals surface area contributed by atoms with Crippen LogP contribution in [-0.2, 0) is 14.3 Å². The lowest BCUT2D eigenvalue weighted by Crippen LogP contribution is -2.49. The lowest BCUT2D eigenvalue weighted by Gasteiger charge is -2.39. The minimum Gasteiger partial charge on any atom is -0.382 e. The van der Waals surface area contributed by atoms with Gasteiger partial charge in [0, 0.05) is 32.7 Å². The van der Waals surface area contributed by atoms with Gasteiger partial charge in [0.15, 0.2) is 0 Å². The third-order valence-electron chi connectivity index (χ3n) is 5.82. The summed E-state index contributed by atoms with van der Waals surface area (Å²) in [6.45, 7) is 5.75. The van der Waals surface area contributed by atoms with Crippen LogP contribution in [0.5, 0.6) is 0 Å². The summed E-state index contributed by atoms with van der Waals surface area (Å²) in [4.78, 5) is 15.3. The quantitative estimate of drug-likeness (QED) is 0.744. The molecule has 1 amide bonds. The first-order valence-electron chi connectivity index (χ1n) is 8.83. The van der Waals surface area contributed by atoms with E-state index in [1.165, 1.54) is 19.3 Å². The molecule has 1 unspecified atom stereocenters. The standard InChI is InChI=1S/C17H30N2O3.ClH/c1-21-8-9-22-12-14-5-7-19(11-14)16(20)17-6-3-2-4-15(17)10-18-13-17;/h14-15,18H,2-13H2,1H3;1H/t14?,15-,17+;/m0./s1. The van der Waals surface area contributed by atoms with Crippen molar-refractivity contribution in [3.05, 3.63) is 0 Å². The summed E-state index contributed by atoms with van der Waals surface area (Å²) in [5.41, 5.74) is -0.0932. The molecular formula is C17H31ClN2O3. The molecule has 5 nitrogen and oxygen atoms in total. The number of fused-ring (bicyclic) bond motifs is 1. The van der Waals surface area contributed by atoms with Gasteiger partial charge < -0.3 is 19.7 Å². The van der Waals surface area contributed by atoms with Gasteiger partial charge in [-0.3, -0.25) is 4.79 Å². The van der Waals surface area contributed by atoms with E-state index in [1.54, 1.807) is 7.11 Å². The highest BCUT2D eigenvalue weighted by Gasteiger charge is 2.52. The topological polar surface area (TPSA) is 50.8 Å². The molecule has 134 valence electrons. The van der Waals surface area contributed by atoms with Gasteiger partial charge in [-0.2, -0.15) is 0 Å². The van der Waals surface area contributed by atoms with E-state index in [-0.39, 0.29) is 17.8 Å². The number of rotatable bonds is 6. The molecule has 1 aliphatic carbocycles. The van der Waals surface area contributed by atoms with Gasteiger partial charge in [-0.15, -0.1) is 12.4 Å². The molecule has 1 N–H and O–H groups in total. The van der Waals surface area contributed by atoms with E-state index < -0.39 is 0 Å². The predicted octanol–water partition coefficient (Wildman–Crippen LogP) is 1.70. The van der Waals surface area contributed by atoms with Gasteiger partial charge in [-0.1, -0.05) is 12.8 Å². The maximum atomic E-state index is 13.2. The smallest absolute Gasteiger partial charge is 0.230 e. The van der Waals surface area contributed by atoms with Crippen LogP contribution in [0.15, 0.2) is 0 Å². The van der Waals surface area contributed by atoms with Crippen molar-refractivity contribution >= 4 is 18.3 Å². The van der Waals surface area contributed by atoms with E-state index in [9.17, 15) is 4.79 Å². The van der Waals surface area contributed by atoms with E-state index in [4.69, 9.17) is 9.47 Å². The lowest BCUT2D eigenvalue weighted by atomic mass is 9.67. The number of carbonyl (C=O) groups is 1. The number of ether oxygens (including phenoxy) is 2. The fourth-order valence-corrected chi connectivity index (χ4v) is 4.53. The highest BCUT2D eigenvalue weighted by molar-refractivity contribution is 5.85. The van der Waals surface area contributed by atoms with Crippen molar-refractivity contribution in [2.45, 2.75) is 32.1 Å². The third-order valence-corrected chi connectivity index (χ3v) is 5.82. The molecule has 2 heterocycles. The maximum Gasteiger partial charge on any atom is 0.230 e. The molecule has 2 aliphatic heterocycles. The Hall–Kier alpha value is -0.360. The summed E-state index contributed by atoms with van der Waals surface area (Å²) in [7, 11) is 1.69. The van der Waals surface area contributed by atoms with E-state index in [2.05, 4.69) is 10.2 Å². The number of methoxy groups -OCH3 is 1. The van der Waals surface area contributed by atoms with Gasteiger partial charge in [0.2, 0.25) is 5.91 Å². The molecule has 0 spiro atoms. The Morgan fingerprint density at radius 3 is 3.00 bits per heavy atom. The van der Waals surface area contributed by atoms with E-state index >= 15 is 0 Å². The van der Waals surface area contributed by atoms with Crippen molar-refractivity contribution in [3.8, 4) is 0 Å². The van der Waals surface area contributed by atoms with Crippen LogP contribution < -0.4 is 5.32 Å². The van der Waals surface area contributed by atoms with Crippen LogP contribution in [-0.4, -0.2) is 63.9 Å². The van der Waals surface area contributed by atoms with E-state index in [1.807, 2.05) is 0 Å². The summed E-state index contributed by atoms with van der Waals surface area (Å²) in [6.07, 6.45) is 5.87. The summed E-state index contributed by atoms with van der Waals surface area (Å²) >= 11 is 0. The zero-order chi connectivity index (χ0) is 15.4. The number of amides is 1. The Bertz CT molecular complexity index is 396. The summed E-state index contributed by atoms with van der Waals surface area (Å²) < 4.78 is 10.6. The highest BCUT2D eigenvalue weighted by Crippen LogP contribution is 2.45. The molecule has 2 saturated heterocycles. The van der Waals surface area contributed by atoms with Gasteiger partial charge in [-0.05, 0) is 31.7 Å². The molecule has 23 heavy (non-hydrogen) atoms. The lowest BCUT2D eigenvalue weighted by molar-refractivity contribution is -0.144. The van der Waals surface area contributed by atoms with Crippen LogP contribution in [0.4, 0.5) is 0 Å². The zero-order valence-corrected chi connectivity index (χ0v) is 15.0. The average molecular weight is 347 g/mol. The monoisotopic (exact) mass is 346 g/mol. The molecule has 0 bridgehead atoms. The molecule has 1 saturated carbocycles. The Morgan fingerprint density at radius 1 is 1.30 bits per heavy atom. The van der Waals surface area contributed by atoms with Gasteiger partial charge in [-0.25, -0.2) is 0 Å². The Labute approximate surface area is 145 Å². The largest absolute Gasteiger partial charge is 0.382 e. The van der Waals surface area contributed by atoms with E-state index in [0.29, 0.717) is 31.0 Å². The minimum absolute atomic E-state index is 0. The molecule has 3 atom stereocenters. The minimum atomic E-state index is -0.0932. The molecule has 3 aliphatic rings. The third kappa shape index (κ3) is 4.01. The van der Waals surface area contributed by atoms with Gasteiger partial charge >= 0.3 is 0 Å². The second-order valence-electron chi connectivity index (χ2n) is 7.20. The van der Waals surface area contributed by atoms with Gasteiger partial charge in [0.25, 0.3) is 0 Å². The SMILES string of the molecule is COCCOCC1CCN(C(=O)[C@@]23CCCC[C@H]2CNC3)C1.Cl. The van der Waals surface area contributed by atoms with Crippen molar-refractivity contribution in [1.82, 2.24) is 10.2 Å². The fourth-order valence-electron chi connectivity index (χ4n) is 4.53. The highest BCUT2D eigenvalue weighted by atomic mass is 35.5. The van der Waals surface area contributed by atoms with Gasteiger partial charge in [0.05, 0.1) is 25.2 Å². The first-order chi connectivity index (χ1) is 10.8. The number of carbonyl (C=O) groups excluding carboxylic acids is 1. The maximum absolute atomic E-state index is 13.2. The molecule has 3 rings (SSSR count). The molecule has 0 aromatic heterocycles. The Balaban J connectivity index is 0.00000192. The van der Waals surface area contributed by atoms with Crippen LogP contribution in [0.3, 0.4) is 0 Å². The second kappa shape index (κ2) is 8.65. The van der Waals surface area contributed by atoms with Crippen molar-refractivity contribution in [1.29, 1.82) is 0 Å². The zero-order valence-electron chi connectivity index (χ0n) is 14.2. The summed E-state index contributed by atoms with van der Waals surface area (Å²) in [5, 5.41) is 3.48. The van der Waals surface area contributed by atoms with Crippen LogP contribution in [0.2, 0.25) is 0 Å². The van der Waals surface area contributed by atoms with Crippen molar-refractivity contribution in [2.24, 2.45) is 17.3 Å². The molecule has 0 radical (unpaired) electrons. The van der Waals surface area contributed by atoms with Crippen molar-refractivity contribution in [2.75, 3.05) is 53.1 Å². The van der Waals surface area contributed by atoms with Crippen LogP contribution in [0, 0.1) is 17.3 Å². The summed E-state index contributed by atoms with van der Waals surface area (Å²) in [5.74, 6) is 1.47. The first kappa shape index (κ1) is 19.0. The molecule has 0 aromatic rings. The number of hydrogen-bond acceptors (Lipinski definition) is 4. The summed E-state index contributed by atoms with van der Waals surface area (Å²) in [6, 6.07) is 0. The molecule has 3 fully saturated rings. The Morgan fingerprint density at radius 2 is 2.17 bits per heavy atom. The predicted molar refractivity (Wildman–Crippen MR) is 91.9 cm³/mol. The molecular weight excluding hydrogens is 316 g/mol. The first-order valence-corrected chi connectivity index (χ1v) is 8.83.